The summed E-state index contributed by atoms with van der Waals surface area (Å²) >= 11 is 6.94. The molecule has 64 valence electrons. The van der Waals surface area contributed by atoms with Crippen LogP contribution in [0.25, 0.3) is 0 Å². The molecular weight excluding hydrogens is 280 g/mol. The molecular formula is C10H10Br2. The first-order valence-electron chi connectivity index (χ1n) is 3.72. The molecule has 1 atom stereocenters. The van der Waals surface area contributed by atoms with Crippen LogP contribution >= 0.6 is 31.9 Å². The second kappa shape index (κ2) is 4.24. The van der Waals surface area contributed by atoms with Gasteiger partial charge in [0.15, 0.2) is 0 Å². The zero-order valence-corrected chi connectivity index (χ0v) is 10.0. The van der Waals surface area contributed by atoms with Gasteiger partial charge in [0, 0.05) is 8.95 Å². The van der Waals surface area contributed by atoms with E-state index in [9.17, 15) is 0 Å². The van der Waals surface area contributed by atoms with Crippen molar-refractivity contribution in [1.29, 1.82) is 0 Å². The standard InChI is InChI=1S/C10H10Br2/c1-3-7(2)9-6-8(11)4-5-10(9)12/h3-7H,1H2,2H3. The molecule has 0 spiro atoms. The van der Waals surface area contributed by atoms with Gasteiger partial charge in [-0.2, -0.15) is 0 Å². The molecule has 1 aromatic rings. The molecule has 0 aliphatic heterocycles. The van der Waals surface area contributed by atoms with Crippen LogP contribution in [0.4, 0.5) is 0 Å². The van der Waals surface area contributed by atoms with Crippen molar-refractivity contribution < 1.29 is 0 Å². The molecule has 0 saturated carbocycles. The Morgan fingerprint density at radius 2 is 2.08 bits per heavy atom. The molecule has 0 fully saturated rings. The average Bonchev–Trinajstić information content (AvgIpc) is 2.08. The Bertz CT molecular complexity index is 292. The van der Waals surface area contributed by atoms with E-state index in [1.807, 2.05) is 18.2 Å². The molecule has 12 heavy (non-hydrogen) atoms. The van der Waals surface area contributed by atoms with Gasteiger partial charge >= 0.3 is 0 Å². The van der Waals surface area contributed by atoms with Crippen LogP contribution in [0.3, 0.4) is 0 Å². The second-order valence-electron chi connectivity index (χ2n) is 2.69. The lowest BCUT2D eigenvalue weighted by molar-refractivity contribution is 0.962. The molecule has 0 nitrogen and oxygen atoms in total. The van der Waals surface area contributed by atoms with Gasteiger partial charge in [0.25, 0.3) is 0 Å². The van der Waals surface area contributed by atoms with Gasteiger partial charge in [0.2, 0.25) is 0 Å². The van der Waals surface area contributed by atoms with E-state index in [0.29, 0.717) is 5.92 Å². The number of hydrogen-bond acceptors (Lipinski definition) is 0. The van der Waals surface area contributed by atoms with E-state index in [1.165, 1.54) is 5.56 Å². The lowest BCUT2D eigenvalue weighted by Crippen LogP contribution is -1.89. The lowest BCUT2D eigenvalue weighted by Gasteiger charge is -2.08. The topological polar surface area (TPSA) is 0 Å². The van der Waals surface area contributed by atoms with Crippen molar-refractivity contribution in [3.8, 4) is 0 Å². The molecule has 0 aliphatic rings. The van der Waals surface area contributed by atoms with Gasteiger partial charge in [-0.1, -0.05) is 44.9 Å². The van der Waals surface area contributed by atoms with Crippen molar-refractivity contribution in [2.24, 2.45) is 0 Å². The first-order valence-corrected chi connectivity index (χ1v) is 5.31. The third kappa shape index (κ3) is 2.20. The number of allylic oxidation sites excluding steroid dienone is 1. The Kier molecular flexibility index (Phi) is 3.53. The van der Waals surface area contributed by atoms with Crippen LogP contribution in [-0.2, 0) is 0 Å². The zero-order chi connectivity index (χ0) is 9.14. The Morgan fingerprint density at radius 1 is 1.42 bits per heavy atom. The van der Waals surface area contributed by atoms with Crippen molar-refractivity contribution in [3.05, 3.63) is 45.4 Å². The maximum Gasteiger partial charge on any atom is 0.0213 e. The van der Waals surface area contributed by atoms with Crippen molar-refractivity contribution >= 4 is 31.9 Å². The number of benzene rings is 1. The number of rotatable bonds is 2. The minimum absolute atomic E-state index is 0.386. The summed E-state index contributed by atoms with van der Waals surface area (Å²) in [5, 5.41) is 0. The Balaban J connectivity index is 3.12. The van der Waals surface area contributed by atoms with Crippen LogP contribution in [0.2, 0.25) is 0 Å². The first-order chi connectivity index (χ1) is 5.65. The minimum atomic E-state index is 0.386. The Morgan fingerprint density at radius 3 is 2.67 bits per heavy atom. The van der Waals surface area contributed by atoms with E-state index in [1.54, 1.807) is 0 Å². The largest absolute Gasteiger partial charge is 0.102 e. The molecule has 0 N–H and O–H groups in total. The van der Waals surface area contributed by atoms with Crippen LogP contribution in [0.1, 0.15) is 18.4 Å². The molecule has 1 aromatic carbocycles. The van der Waals surface area contributed by atoms with Crippen LogP contribution < -0.4 is 0 Å². The summed E-state index contributed by atoms with van der Waals surface area (Å²) in [6.45, 7) is 5.90. The van der Waals surface area contributed by atoms with Crippen LogP contribution in [0.15, 0.2) is 39.8 Å². The second-order valence-corrected chi connectivity index (χ2v) is 4.46. The quantitative estimate of drug-likeness (QED) is 0.703. The Hall–Kier alpha value is -0.0800. The zero-order valence-electron chi connectivity index (χ0n) is 6.85. The van der Waals surface area contributed by atoms with Crippen molar-refractivity contribution in [2.75, 3.05) is 0 Å². The number of halogens is 2. The average molecular weight is 290 g/mol. The molecule has 1 unspecified atom stereocenters. The van der Waals surface area contributed by atoms with Crippen molar-refractivity contribution in [2.45, 2.75) is 12.8 Å². The van der Waals surface area contributed by atoms with E-state index in [0.717, 1.165) is 8.95 Å². The van der Waals surface area contributed by atoms with E-state index < -0.39 is 0 Å². The molecule has 0 radical (unpaired) electrons. The highest BCUT2D eigenvalue weighted by molar-refractivity contribution is 9.11. The fraction of sp³-hybridized carbons (Fsp3) is 0.200. The highest BCUT2D eigenvalue weighted by atomic mass is 79.9. The molecule has 0 bridgehead atoms. The van der Waals surface area contributed by atoms with Gasteiger partial charge in [-0.15, -0.1) is 6.58 Å². The number of hydrogen-bond donors (Lipinski definition) is 0. The minimum Gasteiger partial charge on any atom is -0.102 e. The summed E-state index contributed by atoms with van der Waals surface area (Å²) in [6, 6.07) is 6.17. The lowest BCUT2D eigenvalue weighted by atomic mass is 10.0. The highest BCUT2D eigenvalue weighted by Crippen LogP contribution is 2.28. The van der Waals surface area contributed by atoms with Gasteiger partial charge in [0.1, 0.15) is 0 Å². The summed E-state index contributed by atoms with van der Waals surface area (Å²) in [6.07, 6.45) is 1.94. The fourth-order valence-electron chi connectivity index (χ4n) is 0.991. The molecule has 0 aliphatic carbocycles. The molecule has 0 amide bonds. The summed E-state index contributed by atoms with van der Waals surface area (Å²) in [7, 11) is 0. The molecule has 0 heterocycles. The predicted octanol–water partition coefficient (Wildman–Crippen LogP) is 4.50. The van der Waals surface area contributed by atoms with Gasteiger partial charge in [-0.05, 0) is 29.7 Å². The maximum absolute atomic E-state index is 3.77. The van der Waals surface area contributed by atoms with Gasteiger partial charge < -0.3 is 0 Å². The van der Waals surface area contributed by atoms with Crippen LogP contribution in [0.5, 0.6) is 0 Å². The SMILES string of the molecule is C=CC(C)c1cc(Br)ccc1Br. The first kappa shape index (κ1) is 10.0. The third-order valence-corrected chi connectivity index (χ3v) is 3.02. The summed E-state index contributed by atoms with van der Waals surface area (Å²) in [5.41, 5.74) is 1.26. The van der Waals surface area contributed by atoms with Crippen molar-refractivity contribution in [3.63, 3.8) is 0 Å². The fourth-order valence-corrected chi connectivity index (χ4v) is 1.98. The molecule has 2 heteroatoms. The maximum atomic E-state index is 3.77. The normalized spacial score (nSPS) is 12.6. The van der Waals surface area contributed by atoms with Gasteiger partial charge in [-0.25, -0.2) is 0 Å². The summed E-state index contributed by atoms with van der Waals surface area (Å²) < 4.78 is 2.24. The molecule has 0 saturated heterocycles. The molecule has 1 rings (SSSR count). The van der Waals surface area contributed by atoms with Crippen molar-refractivity contribution in [1.82, 2.24) is 0 Å². The monoisotopic (exact) mass is 288 g/mol. The van der Waals surface area contributed by atoms with Crippen LogP contribution in [0, 0.1) is 0 Å². The third-order valence-electron chi connectivity index (χ3n) is 1.80. The Labute approximate surface area is 89.9 Å². The molecule has 0 aromatic heterocycles. The van der Waals surface area contributed by atoms with Gasteiger partial charge in [0.05, 0.1) is 0 Å². The van der Waals surface area contributed by atoms with E-state index in [-0.39, 0.29) is 0 Å². The van der Waals surface area contributed by atoms with E-state index >= 15 is 0 Å². The smallest absolute Gasteiger partial charge is 0.0213 e. The highest BCUT2D eigenvalue weighted by Gasteiger charge is 2.05. The van der Waals surface area contributed by atoms with Crippen LogP contribution in [-0.4, -0.2) is 0 Å². The van der Waals surface area contributed by atoms with Gasteiger partial charge in [-0.3, -0.25) is 0 Å². The predicted molar refractivity (Wildman–Crippen MR) is 60.5 cm³/mol. The summed E-state index contributed by atoms with van der Waals surface area (Å²) in [5.74, 6) is 0.386. The van der Waals surface area contributed by atoms with E-state index in [2.05, 4.69) is 51.4 Å². The van der Waals surface area contributed by atoms with E-state index in [4.69, 9.17) is 0 Å². The summed E-state index contributed by atoms with van der Waals surface area (Å²) in [4.78, 5) is 0.